The maximum Gasteiger partial charge on any atom is 0.303 e. The molecule has 1 saturated heterocycles. The topological polar surface area (TPSA) is 269 Å². The van der Waals surface area contributed by atoms with Gasteiger partial charge in [-0.05, 0) is 98.3 Å². The third-order valence-corrected chi connectivity index (χ3v) is 16.9. The molecule has 3 amide bonds. The second-order valence-electron chi connectivity index (χ2n) is 21.1. The molecule has 2 heterocycles. The number of carboxylic acid groups (broad SMARTS) is 1. The molecular formula is C51H57N7O11. The zero-order chi connectivity index (χ0) is 48.5. The Labute approximate surface area is 398 Å². The number of aliphatic carboxylic acids is 1. The predicted octanol–water partition coefficient (Wildman–Crippen LogP) is 2.83. The summed E-state index contributed by atoms with van der Waals surface area (Å²) in [5.41, 5.74) is 1.01. The van der Waals surface area contributed by atoms with Gasteiger partial charge in [0.2, 0.25) is 23.5 Å². The fourth-order valence-corrected chi connectivity index (χ4v) is 14.0. The quantitative estimate of drug-likeness (QED) is 0.121. The molecule has 0 spiro atoms. The summed E-state index contributed by atoms with van der Waals surface area (Å²) in [4.78, 5) is 76.9. The van der Waals surface area contributed by atoms with Crippen molar-refractivity contribution in [3.63, 3.8) is 0 Å². The van der Waals surface area contributed by atoms with Crippen molar-refractivity contribution in [2.45, 2.75) is 120 Å². The molecule has 7 fully saturated rings. The number of allylic oxidation sites excluding steroid dienone is 4. The average Bonchev–Trinajstić information content (AvgIpc) is 3.81. The molecule has 0 unspecified atom stereocenters. The Balaban J connectivity index is 0.723. The van der Waals surface area contributed by atoms with Crippen LogP contribution >= 0.6 is 0 Å². The first-order valence-electron chi connectivity index (χ1n) is 23.9. The number of fused-ring (bicyclic) bond motifs is 7. The first-order chi connectivity index (χ1) is 33.0. The van der Waals surface area contributed by atoms with Crippen LogP contribution in [0.3, 0.4) is 0 Å². The zero-order valence-corrected chi connectivity index (χ0v) is 38.6. The number of aliphatic hydroxyl groups is 2. The number of benzene rings is 2. The number of carbonyl (C=O) groups is 6. The second-order valence-corrected chi connectivity index (χ2v) is 21.1. The van der Waals surface area contributed by atoms with E-state index in [0.717, 1.165) is 55.2 Å². The first-order valence-corrected chi connectivity index (χ1v) is 23.9. The SMILES string of the molecule is C[C@]12C=CC(=O)C=C1CC[C@@H]1[C@@H]2[C@@H](O)C[C@@]2(C)[C@H]1C[C@H]1O[C@H](c3ccc(CC45CC(NC(=O)[C@H](CCC(=O)O)NC(=O)CNC(=O)Cc6ccc(-c7nncnn7)cc6)(C4)C5)cc3)O[C@]12C(=O)CO. The van der Waals surface area contributed by atoms with Gasteiger partial charge in [-0.1, -0.05) is 74.0 Å². The van der Waals surface area contributed by atoms with Crippen LogP contribution in [0, 0.1) is 34.0 Å². The molecule has 1 aromatic heterocycles. The summed E-state index contributed by atoms with van der Waals surface area (Å²) < 4.78 is 13.4. The lowest BCUT2D eigenvalue weighted by molar-refractivity contribution is -0.201. The number of carbonyl (C=O) groups excluding carboxylic acids is 5. The van der Waals surface area contributed by atoms with Crippen LogP contribution < -0.4 is 16.0 Å². The van der Waals surface area contributed by atoms with Gasteiger partial charge in [0.1, 0.15) is 12.6 Å². The molecule has 8 aliphatic rings. The Morgan fingerprint density at radius 1 is 0.942 bits per heavy atom. The Kier molecular flexibility index (Phi) is 11.8. The summed E-state index contributed by atoms with van der Waals surface area (Å²) >= 11 is 0. The van der Waals surface area contributed by atoms with Crippen LogP contribution in [0.4, 0.5) is 0 Å². The lowest BCUT2D eigenvalue weighted by Gasteiger charge is -2.71. The van der Waals surface area contributed by atoms with Gasteiger partial charge in [-0.2, -0.15) is 0 Å². The molecule has 10 atom stereocenters. The number of Topliss-reactive ketones (excluding diaryl/α,β-unsaturated/α-hetero) is 1. The van der Waals surface area contributed by atoms with E-state index in [1.807, 2.05) is 37.3 Å². The molecule has 69 heavy (non-hydrogen) atoms. The summed E-state index contributed by atoms with van der Waals surface area (Å²) in [6, 6.07) is 13.7. The molecule has 11 rings (SSSR count). The van der Waals surface area contributed by atoms with Gasteiger partial charge in [-0.15, -0.1) is 20.4 Å². The van der Waals surface area contributed by atoms with Gasteiger partial charge in [0, 0.05) is 39.8 Å². The van der Waals surface area contributed by atoms with E-state index < -0.39 is 89.1 Å². The smallest absolute Gasteiger partial charge is 0.303 e. The molecule has 0 radical (unpaired) electrons. The van der Waals surface area contributed by atoms with E-state index in [-0.39, 0.29) is 48.2 Å². The van der Waals surface area contributed by atoms with Gasteiger partial charge in [0.25, 0.3) is 0 Å². The fraction of sp³-hybridized carbons (Fsp3) is 0.529. The number of aromatic nitrogens is 4. The number of ketones is 2. The van der Waals surface area contributed by atoms with Gasteiger partial charge < -0.3 is 40.7 Å². The van der Waals surface area contributed by atoms with Crippen molar-refractivity contribution in [1.82, 2.24) is 36.3 Å². The van der Waals surface area contributed by atoms with E-state index >= 15 is 0 Å². The summed E-state index contributed by atoms with van der Waals surface area (Å²) in [5, 5.41) is 55.2. The van der Waals surface area contributed by atoms with Gasteiger partial charge in [-0.3, -0.25) is 28.8 Å². The van der Waals surface area contributed by atoms with Gasteiger partial charge >= 0.3 is 5.97 Å². The van der Waals surface area contributed by atoms with Crippen LogP contribution in [0.5, 0.6) is 0 Å². The van der Waals surface area contributed by atoms with Crippen LogP contribution in [0.1, 0.15) is 94.6 Å². The Morgan fingerprint density at radius 3 is 2.35 bits per heavy atom. The number of ether oxygens (including phenoxy) is 2. The monoisotopic (exact) mass is 943 g/mol. The van der Waals surface area contributed by atoms with Gasteiger partial charge in [0.15, 0.2) is 29.8 Å². The number of nitrogens with zero attached hydrogens (tertiary/aromatic N) is 4. The van der Waals surface area contributed by atoms with E-state index in [0.29, 0.717) is 29.8 Å². The molecule has 2 aromatic carbocycles. The van der Waals surface area contributed by atoms with Crippen molar-refractivity contribution in [2.24, 2.45) is 34.0 Å². The maximum atomic E-state index is 14.0. The van der Waals surface area contributed by atoms with Crippen molar-refractivity contribution >= 4 is 35.3 Å². The lowest BCUT2D eigenvalue weighted by atomic mass is 9.38. The molecule has 6 N–H and O–H groups in total. The van der Waals surface area contributed by atoms with Gasteiger partial charge in [0.05, 0.1) is 25.2 Å². The highest BCUT2D eigenvalue weighted by Gasteiger charge is 2.76. The molecule has 7 aliphatic carbocycles. The number of hydrogen-bond acceptors (Lipinski definition) is 14. The van der Waals surface area contributed by atoms with Crippen LogP contribution in [-0.4, -0.2) is 114 Å². The molecule has 3 aromatic rings. The van der Waals surface area contributed by atoms with Crippen LogP contribution in [0.25, 0.3) is 11.4 Å². The average molecular weight is 944 g/mol. The minimum Gasteiger partial charge on any atom is -0.481 e. The molecule has 18 nitrogen and oxygen atoms in total. The largest absolute Gasteiger partial charge is 0.481 e. The number of rotatable bonds is 16. The minimum absolute atomic E-state index is 0.00750. The first kappa shape index (κ1) is 46.6. The third-order valence-electron chi connectivity index (χ3n) is 16.9. The van der Waals surface area contributed by atoms with E-state index in [1.54, 1.807) is 36.4 Å². The van der Waals surface area contributed by atoms with Crippen LogP contribution in [-0.2, 0) is 51.1 Å². The van der Waals surface area contributed by atoms with Crippen molar-refractivity contribution in [3.05, 3.63) is 95.3 Å². The fourth-order valence-electron chi connectivity index (χ4n) is 14.0. The van der Waals surface area contributed by atoms with E-state index in [9.17, 15) is 44.1 Å². The van der Waals surface area contributed by atoms with Crippen molar-refractivity contribution < 1.29 is 53.6 Å². The van der Waals surface area contributed by atoms with Crippen molar-refractivity contribution in [3.8, 4) is 11.4 Å². The predicted molar refractivity (Wildman–Crippen MR) is 243 cm³/mol. The summed E-state index contributed by atoms with van der Waals surface area (Å²) in [5.74, 6) is -2.84. The van der Waals surface area contributed by atoms with Crippen molar-refractivity contribution in [2.75, 3.05) is 13.2 Å². The normalized spacial score (nSPS) is 34.8. The third kappa shape index (κ3) is 8.08. The molecule has 362 valence electrons. The van der Waals surface area contributed by atoms with Crippen molar-refractivity contribution in [1.29, 1.82) is 0 Å². The molecule has 1 aliphatic heterocycles. The number of amides is 3. The second kappa shape index (κ2) is 17.4. The molecule has 6 saturated carbocycles. The van der Waals surface area contributed by atoms with E-state index in [1.165, 1.54) is 6.33 Å². The number of hydrogen-bond donors (Lipinski definition) is 6. The highest BCUT2D eigenvalue weighted by molar-refractivity contribution is 6.01. The Hall–Kier alpha value is -6.08. The lowest BCUT2D eigenvalue weighted by Crippen LogP contribution is -2.76. The highest BCUT2D eigenvalue weighted by atomic mass is 16.7. The Bertz CT molecular complexity index is 2620. The summed E-state index contributed by atoms with van der Waals surface area (Å²) in [6.07, 6.45) is 9.06. The standard InChI is InChI=1S/C51H57N7O11/c1-47-16-15-33(60)18-32(47)11-12-34-35-19-39-51(38(62)23-59,48(35,2)21-37(61)43(34)47)69-46(68-39)31-9-5-29(6-10-31)20-49-24-50(25-49,26-49)56-45(67)36(13-14-42(65)66)55-41(64)22-52-40(63)17-28-3-7-30(8-4-28)44-57-53-27-54-58-44/h3-10,15-16,18,27,34-37,39,43,46,59,61H,11-14,17,19-26H2,1-2H3,(H,52,63)(H,55,64)(H,56,67)(H,65,66)/t34-,35-,36-,37-,39+,43+,46-,47-,48-,49?,50?,51+/m0/s1. The molecule has 2 bridgehead atoms. The van der Waals surface area contributed by atoms with Crippen LogP contribution in [0.15, 0.2) is 78.7 Å². The molecular weight excluding hydrogens is 887 g/mol. The highest BCUT2D eigenvalue weighted by Crippen LogP contribution is 2.71. The van der Waals surface area contributed by atoms with Crippen LogP contribution in [0.2, 0.25) is 0 Å². The zero-order valence-electron chi connectivity index (χ0n) is 38.6. The van der Waals surface area contributed by atoms with Gasteiger partial charge in [-0.25, -0.2) is 0 Å². The van der Waals surface area contributed by atoms with E-state index in [4.69, 9.17) is 9.47 Å². The maximum absolute atomic E-state index is 14.0. The summed E-state index contributed by atoms with van der Waals surface area (Å²) in [7, 11) is 0. The number of carboxylic acids is 1. The number of aliphatic hydroxyl groups excluding tert-OH is 2. The number of nitrogens with one attached hydrogen (secondary N) is 3. The summed E-state index contributed by atoms with van der Waals surface area (Å²) in [6.45, 7) is 3.01. The Morgan fingerprint density at radius 2 is 1.65 bits per heavy atom. The van der Waals surface area contributed by atoms with E-state index in [2.05, 4.69) is 43.3 Å². The minimum atomic E-state index is -1.45. The molecule has 18 heteroatoms.